The van der Waals surface area contributed by atoms with Gasteiger partial charge in [-0.3, -0.25) is 9.69 Å². The predicted octanol–water partition coefficient (Wildman–Crippen LogP) is 3.76. The van der Waals surface area contributed by atoms with Gasteiger partial charge < -0.3 is 14.4 Å². The van der Waals surface area contributed by atoms with Crippen molar-refractivity contribution >= 4 is 5.91 Å². The van der Waals surface area contributed by atoms with Crippen molar-refractivity contribution in [1.82, 2.24) is 9.80 Å². The highest BCUT2D eigenvalue weighted by Gasteiger charge is 2.51. The second-order valence-electron chi connectivity index (χ2n) is 9.11. The average Bonchev–Trinajstić information content (AvgIpc) is 3.30. The topological polar surface area (TPSA) is 42.0 Å². The summed E-state index contributed by atoms with van der Waals surface area (Å²) < 4.78 is 11.6. The SMILES string of the molecule is O=C(c1cccc2c1OCCO2)N1C[C@@H]2CN(C3CCC3)C[C@@H]2[C@H]1c1ccccc1. The van der Waals surface area contributed by atoms with E-state index in [2.05, 4.69) is 40.1 Å². The van der Waals surface area contributed by atoms with E-state index in [1.807, 2.05) is 18.2 Å². The highest BCUT2D eigenvalue weighted by atomic mass is 16.6. The lowest BCUT2D eigenvalue weighted by atomic mass is 9.89. The van der Waals surface area contributed by atoms with Gasteiger partial charge in [0.05, 0.1) is 11.6 Å². The Labute approximate surface area is 177 Å². The van der Waals surface area contributed by atoms with Crippen LogP contribution in [0.3, 0.4) is 0 Å². The van der Waals surface area contributed by atoms with Crippen LogP contribution in [-0.2, 0) is 0 Å². The van der Waals surface area contributed by atoms with Crippen LogP contribution in [0.5, 0.6) is 11.5 Å². The van der Waals surface area contributed by atoms with Gasteiger partial charge in [0.1, 0.15) is 13.2 Å². The Balaban J connectivity index is 1.34. The van der Waals surface area contributed by atoms with Crippen molar-refractivity contribution in [2.75, 3.05) is 32.8 Å². The molecule has 30 heavy (non-hydrogen) atoms. The van der Waals surface area contributed by atoms with Gasteiger partial charge in [0.25, 0.3) is 5.91 Å². The van der Waals surface area contributed by atoms with Crippen LogP contribution < -0.4 is 9.47 Å². The van der Waals surface area contributed by atoms with E-state index in [4.69, 9.17) is 9.47 Å². The fraction of sp³-hybridized carbons (Fsp3) is 0.480. The van der Waals surface area contributed by atoms with E-state index in [1.165, 1.54) is 24.8 Å². The summed E-state index contributed by atoms with van der Waals surface area (Å²) in [5.41, 5.74) is 1.87. The van der Waals surface area contributed by atoms with Crippen LogP contribution in [0.15, 0.2) is 48.5 Å². The summed E-state index contributed by atoms with van der Waals surface area (Å²) in [6.07, 6.45) is 4.04. The molecule has 0 radical (unpaired) electrons. The summed E-state index contributed by atoms with van der Waals surface area (Å²) in [5, 5.41) is 0. The standard InChI is InChI=1S/C25H28N2O3/c28-25(20-10-5-11-22-24(20)30-13-12-29-22)27-15-18-14-26(19-8-4-9-19)16-21(18)23(27)17-6-2-1-3-7-17/h1-3,5-7,10-11,18-19,21,23H,4,8-9,12-16H2/t18-,21-,23+/m0/s1. The molecule has 3 fully saturated rings. The molecule has 1 aliphatic carbocycles. The maximum atomic E-state index is 13.8. The van der Waals surface area contributed by atoms with Gasteiger partial charge in [-0.25, -0.2) is 0 Å². The number of para-hydroxylation sites is 1. The second-order valence-corrected chi connectivity index (χ2v) is 9.11. The van der Waals surface area contributed by atoms with E-state index < -0.39 is 0 Å². The van der Waals surface area contributed by atoms with Crippen molar-refractivity contribution in [3.63, 3.8) is 0 Å². The third-order valence-corrected chi connectivity index (χ3v) is 7.48. The molecule has 2 aromatic carbocycles. The number of carbonyl (C=O) groups is 1. The second kappa shape index (κ2) is 7.31. The minimum absolute atomic E-state index is 0.0656. The molecule has 5 nitrogen and oxygen atoms in total. The maximum absolute atomic E-state index is 13.8. The first-order valence-corrected chi connectivity index (χ1v) is 11.3. The van der Waals surface area contributed by atoms with E-state index in [9.17, 15) is 4.79 Å². The molecule has 2 saturated heterocycles. The summed E-state index contributed by atoms with van der Waals surface area (Å²) in [5.74, 6) is 2.38. The highest BCUT2D eigenvalue weighted by molar-refractivity contribution is 5.98. The lowest BCUT2D eigenvalue weighted by molar-refractivity contribution is 0.0667. The van der Waals surface area contributed by atoms with Crippen LogP contribution >= 0.6 is 0 Å². The zero-order valence-corrected chi connectivity index (χ0v) is 17.2. The Morgan fingerprint density at radius 1 is 0.900 bits per heavy atom. The molecule has 0 bridgehead atoms. The summed E-state index contributed by atoms with van der Waals surface area (Å²) in [4.78, 5) is 18.6. The maximum Gasteiger partial charge on any atom is 0.258 e. The molecule has 1 saturated carbocycles. The molecule has 0 N–H and O–H groups in total. The Hall–Kier alpha value is -2.53. The van der Waals surface area contributed by atoms with E-state index in [0.717, 1.165) is 25.7 Å². The predicted molar refractivity (Wildman–Crippen MR) is 114 cm³/mol. The van der Waals surface area contributed by atoms with Crippen LogP contribution in [0.2, 0.25) is 0 Å². The van der Waals surface area contributed by atoms with Crippen LogP contribution in [0, 0.1) is 11.8 Å². The molecule has 3 aliphatic heterocycles. The van der Waals surface area contributed by atoms with Gasteiger partial charge >= 0.3 is 0 Å². The number of likely N-dealkylation sites (tertiary alicyclic amines) is 2. The first kappa shape index (κ1) is 18.3. The smallest absolute Gasteiger partial charge is 0.258 e. The average molecular weight is 405 g/mol. The largest absolute Gasteiger partial charge is 0.486 e. The molecule has 0 aromatic heterocycles. The Morgan fingerprint density at radius 2 is 1.73 bits per heavy atom. The monoisotopic (exact) mass is 404 g/mol. The summed E-state index contributed by atoms with van der Waals surface area (Å²) in [6, 6.07) is 17.1. The molecule has 2 aromatic rings. The van der Waals surface area contributed by atoms with Gasteiger partial charge in [0.15, 0.2) is 11.5 Å². The number of nitrogens with zero attached hydrogens (tertiary/aromatic N) is 2. The van der Waals surface area contributed by atoms with Crippen molar-refractivity contribution in [3.05, 3.63) is 59.7 Å². The highest BCUT2D eigenvalue weighted by Crippen LogP contribution is 2.48. The minimum atomic E-state index is 0.0656. The normalized spacial score (nSPS) is 28.3. The van der Waals surface area contributed by atoms with Crippen molar-refractivity contribution < 1.29 is 14.3 Å². The zero-order valence-electron chi connectivity index (χ0n) is 17.2. The first-order chi connectivity index (χ1) is 14.8. The van der Waals surface area contributed by atoms with Crippen molar-refractivity contribution in [2.24, 2.45) is 11.8 Å². The Kier molecular flexibility index (Phi) is 4.45. The van der Waals surface area contributed by atoms with Gasteiger partial charge in [0, 0.05) is 31.6 Å². The van der Waals surface area contributed by atoms with Gasteiger partial charge in [0.2, 0.25) is 0 Å². The summed E-state index contributed by atoms with van der Waals surface area (Å²) in [7, 11) is 0. The van der Waals surface area contributed by atoms with Crippen LogP contribution in [0.25, 0.3) is 0 Å². The number of carbonyl (C=O) groups excluding carboxylic acids is 1. The number of fused-ring (bicyclic) bond motifs is 2. The van der Waals surface area contributed by atoms with Crippen molar-refractivity contribution in [3.8, 4) is 11.5 Å². The van der Waals surface area contributed by atoms with Gasteiger partial charge in [-0.15, -0.1) is 0 Å². The van der Waals surface area contributed by atoms with E-state index in [1.54, 1.807) is 0 Å². The molecular weight excluding hydrogens is 376 g/mol. The summed E-state index contributed by atoms with van der Waals surface area (Å²) in [6.45, 7) is 4.06. The van der Waals surface area contributed by atoms with Gasteiger partial charge in [-0.2, -0.15) is 0 Å². The number of hydrogen-bond acceptors (Lipinski definition) is 4. The molecule has 1 amide bonds. The quantitative estimate of drug-likeness (QED) is 0.781. The minimum Gasteiger partial charge on any atom is -0.486 e. The molecule has 6 rings (SSSR count). The molecule has 3 heterocycles. The Morgan fingerprint density at radius 3 is 2.53 bits per heavy atom. The van der Waals surface area contributed by atoms with Gasteiger partial charge in [-0.05, 0) is 36.5 Å². The Bertz CT molecular complexity index is 943. The molecule has 4 aliphatic rings. The number of ether oxygens (including phenoxy) is 2. The third kappa shape index (κ3) is 2.90. The molecule has 156 valence electrons. The number of amides is 1. The zero-order chi connectivity index (χ0) is 20.1. The van der Waals surface area contributed by atoms with Gasteiger partial charge in [-0.1, -0.05) is 42.8 Å². The summed E-state index contributed by atoms with van der Waals surface area (Å²) >= 11 is 0. The van der Waals surface area contributed by atoms with Crippen LogP contribution in [0.4, 0.5) is 0 Å². The lowest BCUT2D eigenvalue weighted by Gasteiger charge is -2.37. The van der Waals surface area contributed by atoms with Crippen LogP contribution in [-0.4, -0.2) is 54.6 Å². The fourth-order valence-electron chi connectivity index (χ4n) is 5.81. The van der Waals surface area contributed by atoms with Crippen molar-refractivity contribution in [2.45, 2.75) is 31.3 Å². The fourth-order valence-corrected chi connectivity index (χ4v) is 5.81. The number of hydrogen-bond donors (Lipinski definition) is 0. The molecule has 3 atom stereocenters. The third-order valence-electron chi connectivity index (χ3n) is 7.48. The van der Waals surface area contributed by atoms with E-state index in [0.29, 0.717) is 42.1 Å². The first-order valence-electron chi connectivity index (χ1n) is 11.3. The molecule has 5 heteroatoms. The van der Waals surface area contributed by atoms with Crippen LogP contribution in [0.1, 0.15) is 41.2 Å². The molecule has 0 unspecified atom stereocenters. The van der Waals surface area contributed by atoms with Crippen molar-refractivity contribution in [1.29, 1.82) is 0 Å². The molecule has 0 spiro atoms. The van der Waals surface area contributed by atoms with E-state index in [-0.39, 0.29) is 11.9 Å². The van der Waals surface area contributed by atoms with E-state index >= 15 is 0 Å². The number of benzene rings is 2. The number of rotatable bonds is 3. The lowest BCUT2D eigenvalue weighted by Crippen LogP contribution is -2.42. The molecular formula is C25H28N2O3.